The largest absolute Gasteiger partial charge is 0.497 e. The van der Waals surface area contributed by atoms with Crippen LogP contribution >= 0.6 is 0 Å². The monoisotopic (exact) mass is 421 g/mol. The van der Waals surface area contributed by atoms with Gasteiger partial charge < -0.3 is 19.9 Å². The maximum absolute atomic E-state index is 13.0. The van der Waals surface area contributed by atoms with Gasteiger partial charge in [0, 0.05) is 12.1 Å². The first-order valence-electron chi connectivity index (χ1n) is 11.2. The van der Waals surface area contributed by atoms with Gasteiger partial charge in [0.15, 0.2) is 0 Å². The van der Waals surface area contributed by atoms with Gasteiger partial charge in [0.05, 0.1) is 13.2 Å². The molecule has 2 aromatic rings. The fourth-order valence-electron chi connectivity index (χ4n) is 4.58. The van der Waals surface area contributed by atoms with E-state index in [1.165, 1.54) is 19.3 Å². The normalized spacial score (nSPS) is 21.5. The Morgan fingerprint density at radius 1 is 1.00 bits per heavy atom. The van der Waals surface area contributed by atoms with E-state index in [9.17, 15) is 9.59 Å². The molecule has 2 saturated heterocycles. The van der Waals surface area contributed by atoms with E-state index >= 15 is 0 Å². The molecular weight excluding hydrogens is 390 g/mol. The van der Waals surface area contributed by atoms with Crippen LogP contribution in [0.3, 0.4) is 0 Å². The maximum Gasteiger partial charge on any atom is 0.252 e. The van der Waals surface area contributed by atoms with Crippen molar-refractivity contribution in [2.24, 2.45) is 0 Å². The van der Waals surface area contributed by atoms with E-state index in [4.69, 9.17) is 4.74 Å². The summed E-state index contributed by atoms with van der Waals surface area (Å²) in [5, 5.41) is 2.96. The lowest BCUT2D eigenvalue weighted by atomic mass is 9.88. The van der Waals surface area contributed by atoms with Gasteiger partial charge >= 0.3 is 0 Å². The van der Waals surface area contributed by atoms with Gasteiger partial charge in [-0.2, -0.15) is 0 Å². The van der Waals surface area contributed by atoms with Crippen LogP contribution in [0.15, 0.2) is 54.6 Å². The van der Waals surface area contributed by atoms with Crippen LogP contribution in [0.5, 0.6) is 5.75 Å². The molecule has 0 unspecified atom stereocenters. The van der Waals surface area contributed by atoms with E-state index in [2.05, 4.69) is 10.2 Å². The number of methoxy groups -OCH3 is 1. The Morgan fingerprint density at radius 2 is 1.71 bits per heavy atom. The second kappa shape index (κ2) is 9.96. The standard InChI is InChI=1S/C25H31N3O3/c1-31-21-13-11-20(12-14-21)24(29)26-22-23(19-9-4-2-5-10-19)28(25(22)30)18-8-17-27-15-6-3-7-16-27/h2,4-5,9-14,22-23H,3,6-8,15-18H2,1H3,(H,26,29)/t22-,23+/m0/s1. The Kier molecular flexibility index (Phi) is 6.87. The summed E-state index contributed by atoms with van der Waals surface area (Å²) in [6, 6.07) is 16.2. The molecule has 1 N–H and O–H groups in total. The maximum atomic E-state index is 13.0. The molecule has 0 aromatic heterocycles. The lowest BCUT2D eigenvalue weighted by Gasteiger charge is -2.48. The van der Waals surface area contributed by atoms with Gasteiger partial charge in [-0.25, -0.2) is 0 Å². The summed E-state index contributed by atoms with van der Waals surface area (Å²) in [6.07, 6.45) is 4.82. The number of hydrogen-bond donors (Lipinski definition) is 1. The Bertz CT molecular complexity index is 879. The zero-order chi connectivity index (χ0) is 21.6. The van der Waals surface area contributed by atoms with Crippen molar-refractivity contribution in [2.75, 3.05) is 33.3 Å². The van der Waals surface area contributed by atoms with Crippen molar-refractivity contribution in [3.05, 3.63) is 65.7 Å². The smallest absolute Gasteiger partial charge is 0.252 e. The highest BCUT2D eigenvalue weighted by molar-refractivity contribution is 6.00. The van der Waals surface area contributed by atoms with Crippen LogP contribution in [-0.2, 0) is 4.79 Å². The van der Waals surface area contributed by atoms with Gasteiger partial charge in [-0.3, -0.25) is 9.59 Å². The average Bonchev–Trinajstić information content (AvgIpc) is 2.83. The molecule has 31 heavy (non-hydrogen) atoms. The van der Waals surface area contributed by atoms with Crippen molar-refractivity contribution in [3.63, 3.8) is 0 Å². The van der Waals surface area contributed by atoms with Gasteiger partial charge in [0.1, 0.15) is 11.8 Å². The highest BCUT2D eigenvalue weighted by atomic mass is 16.5. The summed E-state index contributed by atoms with van der Waals surface area (Å²) in [5.41, 5.74) is 1.57. The highest BCUT2D eigenvalue weighted by Gasteiger charge is 2.48. The van der Waals surface area contributed by atoms with Crippen molar-refractivity contribution in [1.82, 2.24) is 15.1 Å². The van der Waals surface area contributed by atoms with Gasteiger partial charge in [0.2, 0.25) is 5.91 Å². The van der Waals surface area contributed by atoms with Crippen LogP contribution in [0.4, 0.5) is 0 Å². The number of carbonyl (C=O) groups excluding carboxylic acids is 2. The molecule has 4 rings (SSSR count). The van der Waals surface area contributed by atoms with Crippen molar-refractivity contribution >= 4 is 11.8 Å². The first kappa shape index (κ1) is 21.4. The number of carbonyl (C=O) groups is 2. The minimum absolute atomic E-state index is 0.00522. The number of benzene rings is 2. The number of piperidine rings is 1. The Balaban J connectivity index is 1.41. The molecular formula is C25H31N3O3. The summed E-state index contributed by atoms with van der Waals surface area (Å²) in [7, 11) is 1.59. The van der Waals surface area contributed by atoms with E-state index in [0.717, 1.165) is 31.6 Å². The molecule has 0 radical (unpaired) electrons. The van der Waals surface area contributed by atoms with Crippen LogP contribution in [0, 0.1) is 0 Å². The number of ether oxygens (including phenoxy) is 1. The van der Waals surface area contributed by atoms with Crippen molar-refractivity contribution < 1.29 is 14.3 Å². The van der Waals surface area contributed by atoms with Crippen LogP contribution in [0.25, 0.3) is 0 Å². The summed E-state index contributed by atoms with van der Waals surface area (Å²) < 4.78 is 5.15. The second-order valence-electron chi connectivity index (χ2n) is 8.32. The first-order valence-corrected chi connectivity index (χ1v) is 11.2. The SMILES string of the molecule is COc1ccc(C(=O)N[C@@H]2C(=O)N(CCCN3CCCCC3)[C@@H]2c2ccccc2)cc1. The zero-order valence-electron chi connectivity index (χ0n) is 18.1. The van der Waals surface area contributed by atoms with E-state index in [-0.39, 0.29) is 17.9 Å². The Labute approximate surface area is 184 Å². The molecule has 2 fully saturated rings. The predicted octanol–water partition coefficient (Wildman–Crippen LogP) is 3.25. The number of likely N-dealkylation sites (tertiary alicyclic amines) is 2. The fourth-order valence-corrected chi connectivity index (χ4v) is 4.58. The molecule has 2 amide bonds. The summed E-state index contributed by atoms with van der Waals surface area (Å²) in [4.78, 5) is 30.1. The third-order valence-corrected chi connectivity index (χ3v) is 6.30. The van der Waals surface area contributed by atoms with E-state index < -0.39 is 6.04 Å². The summed E-state index contributed by atoms with van der Waals surface area (Å²) in [5.74, 6) is 0.447. The van der Waals surface area contributed by atoms with Crippen LogP contribution in [-0.4, -0.2) is 60.9 Å². The highest BCUT2D eigenvalue weighted by Crippen LogP contribution is 2.35. The molecule has 164 valence electrons. The second-order valence-corrected chi connectivity index (χ2v) is 8.32. The third kappa shape index (κ3) is 4.90. The molecule has 2 aromatic carbocycles. The Hall–Kier alpha value is -2.86. The van der Waals surface area contributed by atoms with E-state index in [1.54, 1.807) is 31.4 Å². The number of β-lactam (4-membered cyclic amide) rings is 1. The number of rotatable bonds is 8. The van der Waals surface area contributed by atoms with E-state index in [1.807, 2.05) is 35.2 Å². The molecule has 2 atom stereocenters. The third-order valence-electron chi connectivity index (χ3n) is 6.30. The van der Waals surface area contributed by atoms with Gasteiger partial charge in [0.25, 0.3) is 5.91 Å². The number of nitrogens with zero attached hydrogens (tertiary/aromatic N) is 2. The van der Waals surface area contributed by atoms with Crippen molar-refractivity contribution in [1.29, 1.82) is 0 Å². The molecule has 0 bridgehead atoms. The number of amides is 2. The minimum atomic E-state index is -0.535. The predicted molar refractivity (Wildman–Crippen MR) is 120 cm³/mol. The molecule has 2 aliphatic rings. The summed E-state index contributed by atoms with van der Waals surface area (Å²) >= 11 is 0. The van der Waals surface area contributed by atoms with Gasteiger partial charge in [-0.1, -0.05) is 36.8 Å². The van der Waals surface area contributed by atoms with Gasteiger partial charge in [-0.05, 0) is 68.7 Å². The van der Waals surface area contributed by atoms with Crippen LogP contribution in [0.1, 0.15) is 47.6 Å². The minimum Gasteiger partial charge on any atom is -0.497 e. The lowest BCUT2D eigenvalue weighted by Crippen LogP contribution is -2.65. The molecule has 6 heteroatoms. The molecule has 0 saturated carbocycles. The Morgan fingerprint density at radius 3 is 2.39 bits per heavy atom. The molecule has 0 spiro atoms. The molecule has 2 aliphatic heterocycles. The number of nitrogens with one attached hydrogen (secondary N) is 1. The quantitative estimate of drug-likeness (QED) is 0.665. The van der Waals surface area contributed by atoms with Crippen LogP contribution in [0.2, 0.25) is 0 Å². The molecule has 2 heterocycles. The van der Waals surface area contributed by atoms with Gasteiger partial charge in [-0.15, -0.1) is 0 Å². The van der Waals surface area contributed by atoms with E-state index in [0.29, 0.717) is 17.9 Å². The zero-order valence-corrected chi connectivity index (χ0v) is 18.1. The molecule has 6 nitrogen and oxygen atoms in total. The first-order chi connectivity index (χ1) is 15.2. The van der Waals surface area contributed by atoms with Crippen LogP contribution < -0.4 is 10.1 Å². The topological polar surface area (TPSA) is 61.9 Å². The fraction of sp³-hybridized carbons (Fsp3) is 0.440. The average molecular weight is 422 g/mol. The molecule has 0 aliphatic carbocycles. The summed E-state index contributed by atoms with van der Waals surface area (Å²) in [6.45, 7) is 4.06. The lowest BCUT2D eigenvalue weighted by molar-refractivity contribution is -0.151. The number of hydrogen-bond acceptors (Lipinski definition) is 4. The van der Waals surface area contributed by atoms with Crippen molar-refractivity contribution in [3.8, 4) is 5.75 Å². The van der Waals surface area contributed by atoms with Crippen molar-refractivity contribution in [2.45, 2.75) is 37.8 Å².